The number of hydrogen-bond donors (Lipinski definition) is 1. The van der Waals surface area contributed by atoms with E-state index in [4.69, 9.17) is 4.74 Å². The number of anilines is 1. The fourth-order valence-electron chi connectivity index (χ4n) is 1.14. The van der Waals surface area contributed by atoms with Crippen molar-refractivity contribution in [1.29, 1.82) is 0 Å². The third kappa shape index (κ3) is 2.66. The smallest absolute Gasteiger partial charge is 0.129 e. The molecule has 0 fully saturated rings. The molecule has 0 unspecified atom stereocenters. The minimum absolute atomic E-state index is 0.684. The summed E-state index contributed by atoms with van der Waals surface area (Å²) in [5.41, 5.74) is 1.02. The Balaban J connectivity index is 1.98. The standard InChI is InChI=1S/C10H11N3OS/c1-14-9-2-4-11-10(6-9)12-7-8-3-5-15-13-8/h2-6H,7H2,1H3,(H,11,12). The molecule has 0 radical (unpaired) electrons. The minimum atomic E-state index is 0.684. The molecule has 0 aromatic carbocycles. The van der Waals surface area contributed by atoms with Crippen molar-refractivity contribution < 1.29 is 4.74 Å². The molecule has 4 nitrogen and oxygen atoms in total. The topological polar surface area (TPSA) is 47.0 Å². The van der Waals surface area contributed by atoms with Crippen LogP contribution in [0.3, 0.4) is 0 Å². The Labute approximate surface area is 92.1 Å². The number of nitrogens with zero attached hydrogens (tertiary/aromatic N) is 2. The fourth-order valence-corrected chi connectivity index (χ4v) is 1.68. The van der Waals surface area contributed by atoms with Crippen molar-refractivity contribution >= 4 is 17.4 Å². The lowest BCUT2D eigenvalue weighted by molar-refractivity contribution is 0.414. The van der Waals surface area contributed by atoms with Gasteiger partial charge in [0, 0.05) is 17.6 Å². The largest absolute Gasteiger partial charge is 0.497 e. The maximum absolute atomic E-state index is 5.10. The van der Waals surface area contributed by atoms with Crippen LogP contribution >= 0.6 is 11.5 Å². The number of nitrogens with one attached hydrogen (secondary N) is 1. The van der Waals surface area contributed by atoms with Crippen molar-refractivity contribution in [2.75, 3.05) is 12.4 Å². The molecule has 0 bridgehead atoms. The first-order chi connectivity index (χ1) is 7.38. The van der Waals surface area contributed by atoms with Gasteiger partial charge in [0.25, 0.3) is 0 Å². The summed E-state index contributed by atoms with van der Waals surface area (Å²) in [5.74, 6) is 1.59. The van der Waals surface area contributed by atoms with Crippen LogP contribution in [0.4, 0.5) is 5.82 Å². The maximum Gasteiger partial charge on any atom is 0.129 e. The lowest BCUT2D eigenvalue weighted by atomic mass is 10.4. The van der Waals surface area contributed by atoms with Crippen molar-refractivity contribution in [3.63, 3.8) is 0 Å². The molecule has 0 aliphatic carbocycles. The first-order valence-corrected chi connectivity index (χ1v) is 5.35. The molecule has 1 N–H and O–H groups in total. The molecule has 5 heteroatoms. The second-order valence-corrected chi connectivity index (χ2v) is 3.59. The number of methoxy groups -OCH3 is 1. The Kier molecular flexibility index (Phi) is 3.14. The van der Waals surface area contributed by atoms with Gasteiger partial charge in [0.1, 0.15) is 11.6 Å². The van der Waals surface area contributed by atoms with Crippen LogP contribution in [0.15, 0.2) is 29.8 Å². The number of rotatable bonds is 4. The lowest BCUT2D eigenvalue weighted by Gasteiger charge is -2.04. The van der Waals surface area contributed by atoms with E-state index in [9.17, 15) is 0 Å². The Bertz CT molecular complexity index is 416. The van der Waals surface area contributed by atoms with E-state index in [0.29, 0.717) is 6.54 Å². The van der Waals surface area contributed by atoms with Gasteiger partial charge < -0.3 is 10.1 Å². The van der Waals surface area contributed by atoms with Gasteiger partial charge in [0.15, 0.2) is 0 Å². The van der Waals surface area contributed by atoms with E-state index in [0.717, 1.165) is 17.3 Å². The van der Waals surface area contributed by atoms with Gasteiger partial charge in [-0.1, -0.05) is 0 Å². The highest BCUT2D eigenvalue weighted by molar-refractivity contribution is 7.03. The van der Waals surface area contributed by atoms with Gasteiger partial charge in [-0.3, -0.25) is 0 Å². The Morgan fingerprint density at radius 1 is 1.47 bits per heavy atom. The molecule has 0 aliphatic rings. The second-order valence-electron chi connectivity index (χ2n) is 2.93. The summed E-state index contributed by atoms with van der Waals surface area (Å²) in [6.07, 6.45) is 1.71. The molecule has 0 aliphatic heterocycles. The molecular weight excluding hydrogens is 210 g/mol. The van der Waals surface area contributed by atoms with E-state index >= 15 is 0 Å². The van der Waals surface area contributed by atoms with Gasteiger partial charge in [-0.15, -0.1) is 0 Å². The number of ether oxygens (including phenoxy) is 1. The molecule has 0 saturated heterocycles. The van der Waals surface area contributed by atoms with Crippen molar-refractivity contribution in [1.82, 2.24) is 9.36 Å². The quantitative estimate of drug-likeness (QED) is 0.859. The van der Waals surface area contributed by atoms with Crippen molar-refractivity contribution in [3.8, 4) is 5.75 Å². The molecular formula is C10H11N3OS. The summed E-state index contributed by atoms with van der Waals surface area (Å²) in [7, 11) is 1.64. The molecule has 0 amide bonds. The molecule has 2 aromatic heterocycles. The summed E-state index contributed by atoms with van der Waals surface area (Å²) in [6, 6.07) is 5.65. The maximum atomic E-state index is 5.10. The van der Waals surface area contributed by atoms with Crippen molar-refractivity contribution in [3.05, 3.63) is 35.5 Å². The zero-order valence-electron chi connectivity index (χ0n) is 8.30. The summed E-state index contributed by atoms with van der Waals surface area (Å²) < 4.78 is 9.29. The molecule has 15 heavy (non-hydrogen) atoms. The Hall–Kier alpha value is -1.62. The second kappa shape index (κ2) is 4.75. The van der Waals surface area contributed by atoms with Gasteiger partial charge in [-0.05, 0) is 23.7 Å². The van der Waals surface area contributed by atoms with Crippen LogP contribution in [0.2, 0.25) is 0 Å². The van der Waals surface area contributed by atoms with E-state index in [1.165, 1.54) is 11.5 Å². The van der Waals surface area contributed by atoms with Crippen LogP contribution in [0.1, 0.15) is 5.69 Å². The van der Waals surface area contributed by atoms with Crippen LogP contribution in [-0.4, -0.2) is 16.5 Å². The van der Waals surface area contributed by atoms with Crippen LogP contribution in [0.25, 0.3) is 0 Å². The highest BCUT2D eigenvalue weighted by Gasteiger charge is 1.98. The van der Waals surface area contributed by atoms with E-state index in [2.05, 4.69) is 14.7 Å². The van der Waals surface area contributed by atoms with Crippen molar-refractivity contribution in [2.24, 2.45) is 0 Å². The summed E-state index contributed by atoms with van der Waals surface area (Å²) in [5, 5.41) is 5.13. The normalized spacial score (nSPS) is 9.93. The van der Waals surface area contributed by atoms with Gasteiger partial charge in [-0.2, -0.15) is 4.37 Å². The van der Waals surface area contributed by atoms with Crippen LogP contribution in [0.5, 0.6) is 5.75 Å². The van der Waals surface area contributed by atoms with E-state index < -0.39 is 0 Å². The molecule has 0 saturated carbocycles. The highest BCUT2D eigenvalue weighted by Crippen LogP contribution is 2.14. The molecule has 2 heterocycles. The Morgan fingerprint density at radius 3 is 3.13 bits per heavy atom. The first kappa shape index (κ1) is 9.92. The zero-order valence-corrected chi connectivity index (χ0v) is 9.12. The lowest BCUT2D eigenvalue weighted by Crippen LogP contribution is -2.01. The SMILES string of the molecule is COc1ccnc(NCc2ccsn2)c1. The monoisotopic (exact) mass is 221 g/mol. The minimum Gasteiger partial charge on any atom is -0.497 e. The van der Waals surface area contributed by atoms with Crippen molar-refractivity contribution in [2.45, 2.75) is 6.54 Å². The predicted octanol–water partition coefficient (Wildman–Crippen LogP) is 2.16. The third-order valence-corrected chi connectivity index (χ3v) is 2.51. The Morgan fingerprint density at radius 2 is 2.40 bits per heavy atom. The molecule has 78 valence electrons. The fraction of sp³-hybridized carbons (Fsp3) is 0.200. The van der Waals surface area contributed by atoms with Crippen LogP contribution < -0.4 is 10.1 Å². The summed E-state index contributed by atoms with van der Waals surface area (Å²) in [4.78, 5) is 4.17. The first-order valence-electron chi connectivity index (χ1n) is 4.51. The molecule has 2 aromatic rings. The number of hydrogen-bond acceptors (Lipinski definition) is 5. The van der Waals surface area contributed by atoms with Gasteiger partial charge in [-0.25, -0.2) is 4.98 Å². The number of aromatic nitrogens is 2. The summed E-state index contributed by atoms with van der Waals surface area (Å²) in [6.45, 7) is 0.684. The van der Waals surface area contributed by atoms with E-state index in [1.807, 2.05) is 23.6 Å². The van der Waals surface area contributed by atoms with Gasteiger partial charge >= 0.3 is 0 Å². The average Bonchev–Trinajstić information content (AvgIpc) is 2.79. The van der Waals surface area contributed by atoms with E-state index in [1.54, 1.807) is 13.3 Å². The zero-order chi connectivity index (χ0) is 10.5. The van der Waals surface area contributed by atoms with Crippen LogP contribution in [-0.2, 0) is 6.54 Å². The number of pyridine rings is 1. The molecule has 2 rings (SSSR count). The molecule has 0 atom stereocenters. The molecule has 0 spiro atoms. The van der Waals surface area contributed by atoms with Gasteiger partial charge in [0.05, 0.1) is 19.3 Å². The average molecular weight is 221 g/mol. The van der Waals surface area contributed by atoms with Crippen LogP contribution in [0, 0.1) is 0 Å². The van der Waals surface area contributed by atoms with E-state index in [-0.39, 0.29) is 0 Å². The predicted molar refractivity (Wildman–Crippen MR) is 60.2 cm³/mol. The summed E-state index contributed by atoms with van der Waals surface area (Å²) >= 11 is 1.45. The van der Waals surface area contributed by atoms with Gasteiger partial charge in [0.2, 0.25) is 0 Å². The highest BCUT2D eigenvalue weighted by atomic mass is 32.1. The third-order valence-electron chi connectivity index (χ3n) is 1.91.